The number of hydrogen-bond donors (Lipinski definition) is 0. The number of amides is 1. The van der Waals surface area contributed by atoms with Crippen LogP contribution in [-0.4, -0.2) is 16.7 Å². The van der Waals surface area contributed by atoms with Gasteiger partial charge < -0.3 is 4.74 Å². The average molecular weight is 302 g/mol. The van der Waals surface area contributed by atoms with E-state index in [1.54, 1.807) is 33.0 Å². The first-order valence-electron chi connectivity index (χ1n) is 6.97. The van der Waals surface area contributed by atoms with Gasteiger partial charge in [0.1, 0.15) is 17.2 Å². The number of hydrogen-bond acceptors (Lipinski definition) is 3. The molecule has 0 fully saturated rings. The molecule has 0 saturated heterocycles. The van der Waals surface area contributed by atoms with Gasteiger partial charge in [-0.2, -0.15) is 0 Å². The summed E-state index contributed by atoms with van der Waals surface area (Å²) in [5, 5.41) is 0. The van der Waals surface area contributed by atoms with E-state index in [1.807, 2.05) is 13.0 Å². The minimum absolute atomic E-state index is 0.370. The Hall–Kier alpha value is -2.43. The number of halogens is 1. The Balaban J connectivity index is 2.45. The predicted molar refractivity (Wildman–Crippen MR) is 83.7 cm³/mol. The minimum Gasteiger partial charge on any atom is -0.443 e. The molecular formula is C17H19FN2O2. The van der Waals surface area contributed by atoms with E-state index in [4.69, 9.17) is 4.74 Å². The van der Waals surface area contributed by atoms with Gasteiger partial charge in [-0.05, 0) is 69.7 Å². The first-order chi connectivity index (χ1) is 10.3. The normalized spacial score (nSPS) is 11.1. The van der Waals surface area contributed by atoms with Gasteiger partial charge in [-0.15, -0.1) is 0 Å². The van der Waals surface area contributed by atoms with E-state index in [0.717, 1.165) is 5.56 Å². The highest BCUT2D eigenvalue weighted by Gasteiger charge is 2.25. The van der Waals surface area contributed by atoms with Crippen LogP contribution < -0.4 is 4.90 Å². The van der Waals surface area contributed by atoms with Crippen molar-refractivity contribution >= 4 is 17.6 Å². The lowest BCUT2D eigenvalue weighted by Gasteiger charge is -2.27. The molecule has 0 aliphatic heterocycles. The Bertz CT molecular complexity index is 663. The van der Waals surface area contributed by atoms with Crippen LogP contribution in [0.5, 0.6) is 0 Å². The molecule has 0 aliphatic carbocycles. The van der Waals surface area contributed by atoms with Gasteiger partial charge in [-0.25, -0.2) is 19.1 Å². The van der Waals surface area contributed by atoms with Gasteiger partial charge in [0.25, 0.3) is 0 Å². The molecular weight excluding hydrogens is 283 g/mol. The Morgan fingerprint density at radius 1 is 1.18 bits per heavy atom. The van der Waals surface area contributed by atoms with Crippen molar-refractivity contribution in [2.75, 3.05) is 4.90 Å². The lowest BCUT2D eigenvalue weighted by atomic mass is 10.2. The van der Waals surface area contributed by atoms with Crippen LogP contribution in [0.25, 0.3) is 0 Å². The van der Waals surface area contributed by atoms with Gasteiger partial charge >= 0.3 is 6.09 Å². The molecule has 1 amide bonds. The van der Waals surface area contributed by atoms with Crippen LogP contribution in [-0.2, 0) is 4.74 Å². The van der Waals surface area contributed by atoms with Crippen molar-refractivity contribution in [3.63, 3.8) is 0 Å². The van der Waals surface area contributed by atoms with Crippen molar-refractivity contribution in [3.8, 4) is 0 Å². The van der Waals surface area contributed by atoms with Gasteiger partial charge in [0.05, 0.1) is 5.69 Å². The molecule has 2 aromatic rings. The Labute approximate surface area is 129 Å². The second-order valence-electron chi connectivity index (χ2n) is 5.98. The van der Waals surface area contributed by atoms with Crippen molar-refractivity contribution in [3.05, 3.63) is 54.0 Å². The molecule has 2 rings (SSSR count). The van der Waals surface area contributed by atoms with E-state index in [0.29, 0.717) is 11.5 Å². The van der Waals surface area contributed by atoms with E-state index in [-0.39, 0.29) is 5.82 Å². The maximum Gasteiger partial charge on any atom is 0.420 e. The van der Waals surface area contributed by atoms with Crippen LogP contribution in [0.3, 0.4) is 0 Å². The molecule has 22 heavy (non-hydrogen) atoms. The summed E-state index contributed by atoms with van der Waals surface area (Å²) in [7, 11) is 0. The van der Waals surface area contributed by atoms with Gasteiger partial charge in [-0.1, -0.05) is 0 Å². The van der Waals surface area contributed by atoms with Crippen LogP contribution in [0.2, 0.25) is 0 Å². The van der Waals surface area contributed by atoms with Gasteiger partial charge in [0, 0.05) is 6.20 Å². The molecule has 0 atom stereocenters. The molecule has 4 nitrogen and oxygen atoms in total. The molecule has 0 bridgehead atoms. The Kier molecular flexibility index (Phi) is 4.45. The molecule has 0 unspecified atom stereocenters. The summed E-state index contributed by atoms with van der Waals surface area (Å²) in [6.07, 6.45) is 1.06. The number of carbonyl (C=O) groups excluding carboxylic acids is 1. The number of ether oxygens (including phenoxy) is 1. The largest absolute Gasteiger partial charge is 0.443 e. The van der Waals surface area contributed by atoms with Crippen LogP contribution in [0.1, 0.15) is 26.3 Å². The fourth-order valence-corrected chi connectivity index (χ4v) is 1.87. The topological polar surface area (TPSA) is 42.4 Å². The molecule has 1 heterocycles. The fraction of sp³-hybridized carbons (Fsp3) is 0.294. The van der Waals surface area contributed by atoms with E-state index in [1.165, 1.54) is 29.2 Å². The van der Waals surface area contributed by atoms with Gasteiger partial charge in [0.2, 0.25) is 0 Å². The molecule has 1 aromatic carbocycles. The highest BCUT2D eigenvalue weighted by Crippen LogP contribution is 2.26. The average Bonchev–Trinajstić information content (AvgIpc) is 2.39. The van der Waals surface area contributed by atoms with E-state index in [2.05, 4.69) is 4.98 Å². The number of pyridine rings is 1. The lowest BCUT2D eigenvalue weighted by Crippen LogP contribution is -2.34. The molecule has 0 spiro atoms. The number of benzene rings is 1. The fourth-order valence-electron chi connectivity index (χ4n) is 1.87. The Morgan fingerprint density at radius 2 is 1.82 bits per heavy atom. The summed E-state index contributed by atoms with van der Waals surface area (Å²) in [5.74, 6) is 0.0611. The maximum absolute atomic E-state index is 13.1. The zero-order valence-corrected chi connectivity index (χ0v) is 13.1. The summed E-state index contributed by atoms with van der Waals surface area (Å²) in [6.45, 7) is 7.27. The first-order valence-corrected chi connectivity index (χ1v) is 6.97. The standard InChI is InChI=1S/C17H19FN2O2/c1-12-9-10-19-15(11-12)20(16(21)22-17(2,3)4)14-7-5-13(18)6-8-14/h5-11H,1-4H3. The third-order valence-electron chi connectivity index (χ3n) is 2.79. The quantitative estimate of drug-likeness (QED) is 0.814. The smallest absolute Gasteiger partial charge is 0.420 e. The number of carbonyl (C=O) groups is 1. The van der Waals surface area contributed by atoms with Gasteiger partial charge in [-0.3, -0.25) is 0 Å². The second kappa shape index (κ2) is 6.13. The molecule has 116 valence electrons. The van der Waals surface area contributed by atoms with Crippen LogP contribution in [0.4, 0.5) is 20.7 Å². The molecule has 1 aromatic heterocycles. The first kappa shape index (κ1) is 15.9. The number of aryl methyl sites for hydroxylation is 1. The van der Waals surface area contributed by atoms with Gasteiger partial charge in [0.15, 0.2) is 0 Å². The van der Waals surface area contributed by atoms with Crippen molar-refractivity contribution in [1.29, 1.82) is 0 Å². The number of anilines is 2. The van der Waals surface area contributed by atoms with Crippen LogP contribution in [0.15, 0.2) is 42.6 Å². The zero-order chi connectivity index (χ0) is 16.3. The summed E-state index contributed by atoms with van der Waals surface area (Å²) in [6, 6.07) is 9.23. The van der Waals surface area contributed by atoms with Crippen molar-refractivity contribution in [2.45, 2.75) is 33.3 Å². The molecule has 5 heteroatoms. The summed E-state index contributed by atoms with van der Waals surface area (Å²) >= 11 is 0. The minimum atomic E-state index is -0.640. The lowest BCUT2D eigenvalue weighted by molar-refractivity contribution is 0.0598. The molecule has 0 aliphatic rings. The second-order valence-corrected chi connectivity index (χ2v) is 5.98. The third kappa shape index (κ3) is 4.04. The van der Waals surface area contributed by atoms with E-state index >= 15 is 0 Å². The predicted octanol–water partition coefficient (Wildman–Crippen LogP) is 4.60. The zero-order valence-electron chi connectivity index (χ0n) is 13.1. The summed E-state index contributed by atoms with van der Waals surface area (Å²) < 4.78 is 18.6. The monoisotopic (exact) mass is 302 g/mol. The van der Waals surface area contributed by atoms with Crippen molar-refractivity contribution < 1.29 is 13.9 Å². The van der Waals surface area contributed by atoms with E-state index in [9.17, 15) is 9.18 Å². The highest BCUT2D eigenvalue weighted by atomic mass is 19.1. The summed E-state index contributed by atoms with van der Waals surface area (Å²) in [4.78, 5) is 18.1. The van der Waals surface area contributed by atoms with Crippen molar-refractivity contribution in [2.24, 2.45) is 0 Å². The molecule has 0 saturated carbocycles. The molecule has 0 N–H and O–H groups in total. The third-order valence-corrected chi connectivity index (χ3v) is 2.79. The Morgan fingerprint density at radius 3 is 2.36 bits per heavy atom. The summed E-state index contributed by atoms with van der Waals surface area (Å²) in [5.41, 5.74) is 0.813. The number of rotatable bonds is 2. The highest BCUT2D eigenvalue weighted by molar-refractivity contribution is 5.95. The van der Waals surface area contributed by atoms with Crippen LogP contribution in [0, 0.1) is 12.7 Å². The number of aromatic nitrogens is 1. The van der Waals surface area contributed by atoms with Crippen LogP contribution >= 0.6 is 0 Å². The molecule has 0 radical (unpaired) electrons. The SMILES string of the molecule is Cc1ccnc(N(C(=O)OC(C)(C)C)c2ccc(F)cc2)c1. The van der Waals surface area contributed by atoms with E-state index < -0.39 is 11.7 Å². The number of nitrogens with zero attached hydrogens (tertiary/aromatic N) is 2. The maximum atomic E-state index is 13.1. The van der Waals surface area contributed by atoms with Crippen molar-refractivity contribution in [1.82, 2.24) is 4.98 Å².